The second-order valence-electron chi connectivity index (χ2n) is 13.0. The van der Waals surface area contributed by atoms with Gasteiger partial charge in [0.2, 0.25) is 5.82 Å². The van der Waals surface area contributed by atoms with Gasteiger partial charge in [0.1, 0.15) is 5.56 Å². The third-order valence-corrected chi connectivity index (χ3v) is 9.85. The molecule has 0 bridgehead atoms. The first-order chi connectivity index (χ1) is 23.1. The Morgan fingerprint density at radius 1 is 0.792 bits per heavy atom. The number of nitrogens with zero attached hydrogens (tertiary/aromatic N) is 2. The molecule has 0 saturated carbocycles. The first kappa shape index (κ1) is 34.4. The van der Waals surface area contributed by atoms with Gasteiger partial charge in [0, 0.05) is 37.2 Å². The highest BCUT2D eigenvalue weighted by molar-refractivity contribution is 5.94. The number of aliphatic hydroxyl groups is 1. The molecule has 3 aromatic carbocycles. The molecule has 0 spiro atoms. The molecule has 7 nitrogen and oxygen atoms in total. The lowest BCUT2D eigenvalue weighted by atomic mass is 9.90. The fraction of sp³-hybridized carbons (Fsp3) is 0.472. The number of likely N-dealkylation sites (tertiary alicyclic amines) is 2. The van der Waals surface area contributed by atoms with Crippen LogP contribution in [0.25, 0.3) is 0 Å². The molecule has 0 unspecified atom stereocenters. The maximum absolute atomic E-state index is 14.1. The number of carbonyl (C=O) groups is 1. The number of benzene rings is 3. The summed E-state index contributed by atoms with van der Waals surface area (Å²) in [7, 11) is 0. The number of amides is 1. The van der Waals surface area contributed by atoms with Crippen LogP contribution in [-0.2, 0) is 22.6 Å². The van der Waals surface area contributed by atoms with E-state index in [4.69, 9.17) is 9.47 Å². The van der Waals surface area contributed by atoms with E-state index in [9.17, 15) is 31.9 Å². The molecule has 3 aliphatic heterocycles. The lowest BCUT2D eigenvalue weighted by Crippen LogP contribution is -2.48. The van der Waals surface area contributed by atoms with Crippen molar-refractivity contribution in [1.29, 1.82) is 0 Å². The van der Waals surface area contributed by atoms with Gasteiger partial charge in [-0.25, -0.2) is 22.0 Å². The topological polar surface area (TPSA) is 74.3 Å². The molecule has 0 aromatic heterocycles. The summed E-state index contributed by atoms with van der Waals surface area (Å²) in [6, 6.07) is 15.0. The number of ether oxygens (including phenoxy) is 2. The Balaban J connectivity index is 1.17. The van der Waals surface area contributed by atoms with E-state index in [1.54, 1.807) is 24.3 Å². The predicted molar refractivity (Wildman–Crippen MR) is 167 cm³/mol. The number of halogens is 5. The summed E-state index contributed by atoms with van der Waals surface area (Å²) in [5.74, 6) is -12.5. The fourth-order valence-corrected chi connectivity index (χ4v) is 7.03. The standard InChI is InChI=1S/C36H40F5N3O4/c1-21-27(19-44-16-4-5-26(44)18-43-14-2-3-15-43)47-36(48-34(21)24-10-8-23(20-45)9-11-24)25-12-6-22(7-13-25)17-42-35(46)28-29(37)31(39)33(41)32(40)30(28)38/h6-13,21,26-27,34,36,45H,2-5,14-20H2,1H3,(H,42,46)/t21-,26-,27+,34+,36+/m0/s1. The number of rotatable bonds is 10. The third-order valence-electron chi connectivity index (χ3n) is 9.85. The molecule has 3 fully saturated rings. The van der Waals surface area contributed by atoms with Gasteiger partial charge >= 0.3 is 0 Å². The van der Waals surface area contributed by atoms with Crippen molar-refractivity contribution in [1.82, 2.24) is 15.1 Å². The summed E-state index contributed by atoms with van der Waals surface area (Å²) in [6.45, 7) is 6.99. The van der Waals surface area contributed by atoms with Gasteiger partial charge in [-0.05, 0) is 62.0 Å². The Labute approximate surface area is 276 Å². The van der Waals surface area contributed by atoms with Crippen LogP contribution in [0.1, 0.15) is 77.6 Å². The average molecular weight is 674 g/mol. The van der Waals surface area contributed by atoms with Crippen molar-refractivity contribution in [2.75, 3.05) is 32.7 Å². The summed E-state index contributed by atoms with van der Waals surface area (Å²) in [6.07, 6.45) is 3.65. The zero-order valence-electron chi connectivity index (χ0n) is 26.7. The van der Waals surface area contributed by atoms with E-state index in [0.29, 0.717) is 17.2 Å². The van der Waals surface area contributed by atoms with Crippen LogP contribution in [0.2, 0.25) is 0 Å². The summed E-state index contributed by atoms with van der Waals surface area (Å²) in [5.41, 5.74) is 1.48. The van der Waals surface area contributed by atoms with E-state index >= 15 is 0 Å². The molecular formula is C36H40F5N3O4. The maximum Gasteiger partial charge on any atom is 0.257 e. The van der Waals surface area contributed by atoms with Crippen molar-refractivity contribution in [2.45, 2.75) is 70.3 Å². The molecule has 3 heterocycles. The minimum atomic E-state index is -2.33. The van der Waals surface area contributed by atoms with Gasteiger partial charge in [-0.1, -0.05) is 55.5 Å². The zero-order valence-corrected chi connectivity index (χ0v) is 26.7. The van der Waals surface area contributed by atoms with Crippen molar-refractivity contribution in [2.24, 2.45) is 5.92 Å². The maximum atomic E-state index is 14.1. The Bertz CT molecular complexity index is 1560. The average Bonchev–Trinajstić information content (AvgIpc) is 3.79. The van der Waals surface area contributed by atoms with E-state index < -0.39 is 46.8 Å². The van der Waals surface area contributed by atoms with E-state index in [0.717, 1.165) is 56.7 Å². The van der Waals surface area contributed by atoms with Crippen LogP contribution in [0.3, 0.4) is 0 Å². The molecule has 3 aliphatic rings. The van der Waals surface area contributed by atoms with Crippen LogP contribution in [0, 0.1) is 35.0 Å². The first-order valence-corrected chi connectivity index (χ1v) is 16.5. The molecule has 3 aromatic rings. The third kappa shape index (κ3) is 7.28. The van der Waals surface area contributed by atoms with Crippen molar-refractivity contribution in [3.05, 3.63) is 105 Å². The van der Waals surface area contributed by atoms with Gasteiger partial charge in [0.25, 0.3) is 5.91 Å². The molecule has 2 N–H and O–H groups in total. The smallest absolute Gasteiger partial charge is 0.257 e. The number of nitrogens with one attached hydrogen (secondary N) is 1. The van der Waals surface area contributed by atoms with Crippen LogP contribution >= 0.6 is 0 Å². The van der Waals surface area contributed by atoms with Crippen LogP contribution in [0.4, 0.5) is 22.0 Å². The largest absolute Gasteiger partial charge is 0.392 e. The van der Waals surface area contributed by atoms with Gasteiger partial charge in [0.05, 0.1) is 18.8 Å². The molecule has 258 valence electrons. The molecule has 1 amide bonds. The molecule has 5 atom stereocenters. The Kier molecular flexibility index (Phi) is 10.8. The second kappa shape index (κ2) is 15.0. The van der Waals surface area contributed by atoms with Crippen molar-refractivity contribution in [3.63, 3.8) is 0 Å². The molecule has 0 aliphatic carbocycles. The van der Waals surface area contributed by atoms with Gasteiger partial charge in [-0.2, -0.15) is 0 Å². The Morgan fingerprint density at radius 2 is 1.40 bits per heavy atom. The van der Waals surface area contributed by atoms with Crippen molar-refractivity contribution >= 4 is 5.91 Å². The molecule has 12 heteroatoms. The van der Waals surface area contributed by atoms with Crippen molar-refractivity contribution in [3.8, 4) is 0 Å². The summed E-state index contributed by atoms with van der Waals surface area (Å²) in [4.78, 5) is 17.5. The number of carbonyl (C=O) groups excluding carboxylic acids is 1. The molecule has 0 radical (unpaired) electrons. The van der Waals surface area contributed by atoms with Gasteiger partial charge in [-0.15, -0.1) is 0 Å². The summed E-state index contributed by atoms with van der Waals surface area (Å²) < 4.78 is 82.0. The fourth-order valence-electron chi connectivity index (χ4n) is 7.03. The second-order valence-corrected chi connectivity index (χ2v) is 13.0. The lowest BCUT2D eigenvalue weighted by Gasteiger charge is -2.43. The van der Waals surface area contributed by atoms with Crippen LogP contribution in [0.15, 0.2) is 48.5 Å². The number of aliphatic hydroxyl groups excluding tert-OH is 1. The van der Waals surface area contributed by atoms with Crippen molar-refractivity contribution < 1.29 is 41.3 Å². The van der Waals surface area contributed by atoms with E-state index in [-0.39, 0.29) is 31.3 Å². The highest BCUT2D eigenvalue weighted by Gasteiger charge is 2.41. The minimum absolute atomic E-state index is 0.0191. The quantitative estimate of drug-likeness (QED) is 0.153. The van der Waals surface area contributed by atoms with Gasteiger partial charge in [0.15, 0.2) is 29.6 Å². The molecular weight excluding hydrogens is 633 g/mol. The lowest BCUT2D eigenvalue weighted by molar-refractivity contribution is -0.276. The highest BCUT2D eigenvalue weighted by Crippen LogP contribution is 2.42. The normalized spacial score (nSPS) is 25.1. The number of hydrogen-bond acceptors (Lipinski definition) is 6. The first-order valence-electron chi connectivity index (χ1n) is 16.5. The summed E-state index contributed by atoms with van der Waals surface area (Å²) >= 11 is 0. The SMILES string of the molecule is C[C@H]1[C@@H](CN2CCC[C@H]2CN2CCCC2)O[C@@H](c2ccc(CNC(=O)c3c(F)c(F)c(F)c(F)c3F)cc2)O[C@H]1c1ccc(CO)cc1. The minimum Gasteiger partial charge on any atom is -0.392 e. The van der Waals surface area contributed by atoms with Crippen LogP contribution in [0.5, 0.6) is 0 Å². The molecule has 3 saturated heterocycles. The zero-order chi connectivity index (χ0) is 33.9. The Morgan fingerprint density at radius 3 is 2.04 bits per heavy atom. The Hall–Kier alpha value is -3.42. The predicted octanol–water partition coefficient (Wildman–Crippen LogP) is 6.16. The van der Waals surface area contributed by atoms with E-state index in [2.05, 4.69) is 22.0 Å². The number of hydrogen-bond donors (Lipinski definition) is 2. The molecule has 48 heavy (non-hydrogen) atoms. The molecule has 6 rings (SSSR count). The highest BCUT2D eigenvalue weighted by atomic mass is 19.2. The van der Waals surface area contributed by atoms with E-state index in [1.807, 2.05) is 24.3 Å². The van der Waals surface area contributed by atoms with E-state index in [1.165, 1.54) is 12.8 Å². The van der Waals surface area contributed by atoms with Gasteiger partial charge < -0.3 is 24.8 Å². The van der Waals surface area contributed by atoms with Crippen LogP contribution in [-0.4, -0.2) is 65.7 Å². The van der Waals surface area contributed by atoms with Crippen LogP contribution < -0.4 is 5.32 Å². The van der Waals surface area contributed by atoms with Gasteiger partial charge in [-0.3, -0.25) is 9.69 Å². The summed E-state index contributed by atoms with van der Waals surface area (Å²) in [5, 5.41) is 11.8. The monoisotopic (exact) mass is 673 g/mol.